The first-order valence-corrected chi connectivity index (χ1v) is 5.65. The van der Waals surface area contributed by atoms with Gasteiger partial charge in [-0.2, -0.15) is 0 Å². The minimum atomic E-state index is -0.858. The number of carboxylic acid groups (broad SMARTS) is 1. The van der Waals surface area contributed by atoms with Crippen molar-refractivity contribution in [2.75, 3.05) is 13.6 Å². The Balaban J connectivity index is 2.46. The fraction of sp³-hybridized carbons (Fsp3) is 0.667. The molecule has 0 heterocycles. The molecule has 0 bridgehead atoms. The average molecular weight is 225 g/mol. The maximum Gasteiger partial charge on any atom is 0.308 e. The summed E-state index contributed by atoms with van der Waals surface area (Å²) in [5, 5.41) is 8.77. The molecule has 2 atom stereocenters. The quantitative estimate of drug-likeness (QED) is 0.738. The highest BCUT2D eigenvalue weighted by molar-refractivity contribution is 5.79. The minimum absolute atomic E-state index is 0.0380. The van der Waals surface area contributed by atoms with Crippen LogP contribution in [0.5, 0.6) is 0 Å². The first-order chi connectivity index (χ1) is 7.52. The molecule has 2 unspecified atom stereocenters. The van der Waals surface area contributed by atoms with E-state index in [2.05, 4.69) is 6.08 Å². The van der Waals surface area contributed by atoms with Crippen molar-refractivity contribution in [1.29, 1.82) is 0 Å². The topological polar surface area (TPSA) is 57.6 Å². The molecule has 1 aliphatic rings. The summed E-state index contributed by atoms with van der Waals surface area (Å²) in [6.45, 7) is 1.90. The van der Waals surface area contributed by atoms with E-state index in [9.17, 15) is 9.59 Å². The molecule has 1 aliphatic carbocycles. The highest BCUT2D eigenvalue weighted by Gasteiger charge is 2.24. The molecule has 0 aromatic heterocycles. The Morgan fingerprint density at radius 3 is 2.69 bits per heavy atom. The fourth-order valence-electron chi connectivity index (χ4n) is 1.91. The number of rotatable bonds is 4. The Bertz CT molecular complexity index is 299. The van der Waals surface area contributed by atoms with E-state index in [1.54, 1.807) is 18.9 Å². The van der Waals surface area contributed by atoms with Gasteiger partial charge >= 0.3 is 5.97 Å². The van der Waals surface area contributed by atoms with Crippen LogP contribution in [0.15, 0.2) is 12.2 Å². The van der Waals surface area contributed by atoms with E-state index in [-0.39, 0.29) is 18.4 Å². The van der Waals surface area contributed by atoms with Crippen LogP contribution in [0.3, 0.4) is 0 Å². The van der Waals surface area contributed by atoms with Crippen LogP contribution in [-0.4, -0.2) is 35.5 Å². The molecule has 0 radical (unpaired) electrons. The van der Waals surface area contributed by atoms with Crippen molar-refractivity contribution in [3.63, 3.8) is 0 Å². The second-order valence-corrected chi connectivity index (χ2v) is 4.44. The van der Waals surface area contributed by atoms with E-state index in [0.717, 1.165) is 19.3 Å². The number of aliphatic carboxylic acids is 1. The Labute approximate surface area is 95.9 Å². The van der Waals surface area contributed by atoms with Gasteiger partial charge in [0, 0.05) is 19.5 Å². The van der Waals surface area contributed by atoms with Gasteiger partial charge in [0.05, 0.1) is 5.92 Å². The van der Waals surface area contributed by atoms with Crippen molar-refractivity contribution in [2.45, 2.75) is 26.2 Å². The number of carboxylic acids is 1. The highest BCUT2D eigenvalue weighted by Crippen LogP contribution is 2.20. The first kappa shape index (κ1) is 12.7. The molecule has 1 N–H and O–H groups in total. The summed E-state index contributed by atoms with van der Waals surface area (Å²) in [7, 11) is 1.68. The summed E-state index contributed by atoms with van der Waals surface area (Å²) in [5.74, 6) is -1.26. The molecule has 0 aliphatic heterocycles. The molecular formula is C12H19NO3. The molecule has 0 saturated carbocycles. The Morgan fingerprint density at radius 2 is 2.19 bits per heavy atom. The van der Waals surface area contributed by atoms with Crippen LogP contribution < -0.4 is 0 Å². The zero-order valence-electron chi connectivity index (χ0n) is 9.85. The van der Waals surface area contributed by atoms with Crippen molar-refractivity contribution in [3.05, 3.63) is 12.2 Å². The summed E-state index contributed by atoms with van der Waals surface area (Å²) in [4.78, 5) is 24.2. The van der Waals surface area contributed by atoms with E-state index in [0.29, 0.717) is 0 Å². The molecule has 0 fully saturated rings. The second-order valence-electron chi connectivity index (χ2n) is 4.44. The third-order valence-corrected chi connectivity index (χ3v) is 2.96. The number of nitrogens with zero attached hydrogens (tertiary/aromatic N) is 1. The lowest BCUT2D eigenvalue weighted by molar-refractivity contribution is -0.143. The molecule has 0 aromatic rings. The van der Waals surface area contributed by atoms with Gasteiger partial charge in [0.25, 0.3) is 0 Å². The first-order valence-electron chi connectivity index (χ1n) is 5.65. The van der Waals surface area contributed by atoms with Gasteiger partial charge in [0.15, 0.2) is 0 Å². The number of hydrogen-bond donors (Lipinski definition) is 1. The molecule has 90 valence electrons. The molecule has 0 aromatic carbocycles. The summed E-state index contributed by atoms with van der Waals surface area (Å²) >= 11 is 0. The monoisotopic (exact) mass is 225 g/mol. The van der Waals surface area contributed by atoms with Crippen LogP contribution in [0.2, 0.25) is 0 Å². The van der Waals surface area contributed by atoms with Gasteiger partial charge in [0.2, 0.25) is 5.91 Å². The third-order valence-electron chi connectivity index (χ3n) is 2.96. The van der Waals surface area contributed by atoms with Crippen molar-refractivity contribution >= 4 is 11.9 Å². The van der Waals surface area contributed by atoms with E-state index >= 15 is 0 Å². The van der Waals surface area contributed by atoms with Crippen molar-refractivity contribution in [1.82, 2.24) is 4.90 Å². The van der Waals surface area contributed by atoms with Gasteiger partial charge < -0.3 is 10.0 Å². The lowest BCUT2D eigenvalue weighted by Gasteiger charge is -2.25. The van der Waals surface area contributed by atoms with Crippen molar-refractivity contribution in [2.24, 2.45) is 11.8 Å². The molecule has 0 saturated heterocycles. The Hall–Kier alpha value is -1.32. The number of carbonyl (C=O) groups excluding carboxylic acids is 1. The van der Waals surface area contributed by atoms with Gasteiger partial charge in [-0.1, -0.05) is 19.1 Å². The predicted molar refractivity (Wildman–Crippen MR) is 60.9 cm³/mol. The summed E-state index contributed by atoms with van der Waals surface area (Å²) in [6.07, 6.45) is 6.72. The number of allylic oxidation sites excluding steroid dienone is 2. The zero-order chi connectivity index (χ0) is 12.1. The smallest absolute Gasteiger partial charge is 0.308 e. The Kier molecular flexibility index (Phi) is 4.52. The van der Waals surface area contributed by atoms with Gasteiger partial charge in [-0.25, -0.2) is 0 Å². The lowest BCUT2D eigenvalue weighted by Crippen LogP contribution is -2.37. The van der Waals surface area contributed by atoms with Crippen LogP contribution in [-0.2, 0) is 9.59 Å². The van der Waals surface area contributed by atoms with E-state index in [4.69, 9.17) is 5.11 Å². The van der Waals surface area contributed by atoms with E-state index in [1.165, 1.54) is 0 Å². The summed E-state index contributed by atoms with van der Waals surface area (Å²) in [5.41, 5.74) is 0. The summed E-state index contributed by atoms with van der Waals surface area (Å²) < 4.78 is 0. The van der Waals surface area contributed by atoms with Crippen LogP contribution in [0, 0.1) is 11.8 Å². The third kappa shape index (κ3) is 3.36. The molecule has 1 amide bonds. The molecule has 4 heteroatoms. The SMILES string of the molecule is CC(CN(C)C(=O)C1CC=CCC1)C(=O)O. The highest BCUT2D eigenvalue weighted by atomic mass is 16.4. The van der Waals surface area contributed by atoms with Crippen LogP contribution in [0.4, 0.5) is 0 Å². The minimum Gasteiger partial charge on any atom is -0.481 e. The maximum absolute atomic E-state index is 12.0. The van der Waals surface area contributed by atoms with E-state index < -0.39 is 11.9 Å². The van der Waals surface area contributed by atoms with Crippen LogP contribution in [0.25, 0.3) is 0 Å². The zero-order valence-corrected chi connectivity index (χ0v) is 9.85. The molecule has 0 spiro atoms. The van der Waals surface area contributed by atoms with E-state index in [1.807, 2.05) is 6.08 Å². The van der Waals surface area contributed by atoms with Gasteiger partial charge in [-0.3, -0.25) is 9.59 Å². The van der Waals surface area contributed by atoms with Crippen molar-refractivity contribution < 1.29 is 14.7 Å². The number of carbonyl (C=O) groups is 2. The predicted octanol–water partition coefficient (Wildman–Crippen LogP) is 1.52. The molecule has 1 rings (SSSR count). The number of amides is 1. The van der Waals surface area contributed by atoms with Gasteiger partial charge in [-0.05, 0) is 19.3 Å². The Morgan fingerprint density at radius 1 is 1.50 bits per heavy atom. The second kappa shape index (κ2) is 5.68. The number of hydrogen-bond acceptors (Lipinski definition) is 2. The fourth-order valence-corrected chi connectivity index (χ4v) is 1.91. The summed E-state index contributed by atoms with van der Waals surface area (Å²) in [6, 6.07) is 0. The molecule has 4 nitrogen and oxygen atoms in total. The normalized spacial score (nSPS) is 21.5. The van der Waals surface area contributed by atoms with Gasteiger partial charge in [0.1, 0.15) is 0 Å². The largest absolute Gasteiger partial charge is 0.481 e. The molecular weight excluding hydrogens is 206 g/mol. The van der Waals surface area contributed by atoms with Gasteiger partial charge in [-0.15, -0.1) is 0 Å². The van der Waals surface area contributed by atoms with Crippen molar-refractivity contribution in [3.8, 4) is 0 Å². The van der Waals surface area contributed by atoms with Crippen LogP contribution >= 0.6 is 0 Å². The maximum atomic E-state index is 12.0. The molecule has 16 heavy (non-hydrogen) atoms. The van der Waals surface area contributed by atoms with Crippen LogP contribution in [0.1, 0.15) is 26.2 Å². The average Bonchev–Trinajstić information content (AvgIpc) is 2.28. The lowest BCUT2D eigenvalue weighted by atomic mass is 9.93. The standard InChI is InChI=1S/C12H19NO3/c1-9(12(15)16)8-13(2)11(14)10-6-4-3-5-7-10/h3-4,9-10H,5-8H2,1-2H3,(H,15,16).